The summed E-state index contributed by atoms with van der Waals surface area (Å²) in [7, 11) is 0. The number of hydrogen-bond donors (Lipinski definition) is 1. The van der Waals surface area contributed by atoms with Crippen molar-refractivity contribution < 1.29 is 27.5 Å². The summed E-state index contributed by atoms with van der Waals surface area (Å²) in [4.78, 5) is 49.2. The monoisotopic (exact) mass is 617 g/mol. The van der Waals surface area contributed by atoms with E-state index in [9.17, 15) is 33.1 Å². The second kappa shape index (κ2) is 12.5. The van der Waals surface area contributed by atoms with E-state index in [1.54, 1.807) is 60.7 Å². The molecular weight excluding hydrogens is 591 g/mol. The molecule has 2 heterocycles. The van der Waals surface area contributed by atoms with Gasteiger partial charge in [0.25, 0.3) is 5.56 Å². The highest BCUT2D eigenvalue weighted by Gasteiger charge is 2.46. The van der Waals surface area contributed by atoms with E-state index in [1.165, 1.54) is 19.1 Å². The van der Waals surface area contributed by atoms with Crippen LogP contribution in [0.1, 0.15) is 41.9 Å². The molecule has 0 bridgehead atoms. The van der Waals surface area contributed by atoms with Gasteiger partial charge in [-0.2, -0.15) is 13.2 Å². The van der Waals surface area contributed by atoms with Crippen LogP contribution >= 0.6 is 0 Å². The first kappa shape index (κ1) is 30.8. The van der Waals surface area contributed by atoms with Crippen LogP contribution in [-0.2, 0) is 34.4 Å². The maximum absolute atomic E-state index is 14.1. The van der Waals surface area contributed by atoms with E-state index in [1.807, 2.05) is 0 Å². The van der Waals surface area contributed by atoms with Gasteiger partial charge in [-0.15, -0.1) is 0 Å². The maximum Gasteiger partial charge on any atom is 0.416 e. The van der Waals surface area contributed by atoms with Gasteiger partial charge in [-0.3, -0.25) is 19.1 Å². The van der Waals surface area contributed by atoms with Crippen molar-refractivity contribution in [1.82, 2.24) is 9.55 Å². The van der Waals surface area contributed by atoms with Gasteiger partial charge in [-0.25, -0.2) is 9.78 Å². The molecule has 3 aromatic carbocycles. The molecule has 1 aliphatic heterocycles. The van der Waals surface area contributed by atoms with Crippen molar-refractivity contribution in [2.24, 2.45) is 5.11 Å². The third-order valence-electron chi connectivity index (χ3n) is 7.28. The number of alkyl halides is 3. The molecule has 0 spiro atoms. The fourth-order valence-electron chi connectivity index (χ4n) is 5.11. The van der Waals surface area contributed by atoms with E-state index in [4.69, 9.17) is 4.74 Å². The maximum atomic E-state index is 14.1. The summed E-state index contributed by atoms with van der Waals surface area (Å²) >= 11 is 0. The number of rotatable bonds is 8. The zero-order valence-corrected chi connectivity index (χ0v) is 23.8. The van der Waals surface area contributed by atoms with Crippen molar-refractivity contribution in [3.63, 3.8) is 0 Å². The zero-order valence-electron chi connectivity index (χ0n) is 23.8. The molecule has 1 N–H and O–H groups in total. The molecule has 2 atom stereocenters. The van der Waals surface area contributed by atoms with Crippen molar-refractivity contribution in [2.75, 3.05) is 10.2 Å². The Morgan fingerprint density at radius 3 is 2.42 bits per heavy atom. The molecule has 0 radical (unpaired) electrons. The van der Waals surface area contributed by atoms with Crippen molar-refractivity contribution in [2.45, 2.75) is 44.3 Å². The number of hydrogen-bond acceptors (Lipinski definition) is 6. The predicted octanol–water partition coefficient (Wildman–Crippen LogP) is 6.71. The number of nitrogens with one attached hydrogen (secondary N) is 1. The second-order valence-corrected chi connectivity index (χ2v) is 10.5. The molecular formula is C31H26F3N7O4. The molecule has 1 aromatic heterocycles. The van der Waals surface area contributed by atoms with Crippen LogP contribution in [0.5, 0.6) is 0 Å². The number of amides is 2. The summed E-state index contributed by atoms with van der Waals surface area (Å²) in [5.41, 5.74) is 6.86. The highest BCUT2D eigenvalue weighted by Crippen LogP contribution is 2.41. The molecule has 0 saturated carbocycles. The first-order valence-electron chi connectivity index (χ1n) is 13.7. The Kier molecular flexibility index (Phi) is 8.59. The lowest BCUT2D eigenvalue weighted by Gasteiger charge is -2.24. The van der Waals surface area contributed by atoms with Gasteiger partial charge in [0.15, 0.2) is 0 Å². The SMILES string of the molecule is CC1(N=[N+]=[N-])C[C@@H](C(=O)Nc2ccccc2)n2c1ncc(N(Cc1cccc(C(F)(F)F)c1)C(=O)OCc1ccccc1)c2=O. The Labute approximate surface area is 254 Å². The normalized spacial score (nSPS) is 17.1. The van der Waals surface area contributed by atoms with Gasteiger partial charge in [-0.1, -0.05) is 65.8 Å². The predicted molar refractivity (Wildman–Crippen MR) is 158 cm³/mol. The van der Waals surface area contributed by atoms with Crippen molar-refractivity contribution in [3.8, 4) is 0 Å². The van der Waals surface area contributed by atoms with Crippen molar-refractivity contribution in [1.29, 1.82) is 0 Å². The first-order valence-corrected chi connectivity index (χ1v) is 13.7. The minimum atomic E-state index is -4.64. The van der Waals surface area contributed by atoms with E-state index >= 15 is 0 Å². The quantitative estimate of drug-likeness (QED) is 0.133. The minimum Gasteiger partial charge on any atom is -0.444 e. The molecule has 11 nitrogen and oxygen atoms in total. The lowest BCUT2D eigenvalue weighted by molar-refractivity contribution is -0.137. The number of para-hydroxylation sites is 1. The number of azide groups is 1. The number of ether oxygens (including phenoxy) is 1. The third-order valence-corrected chi connectivity index (χ3v) is 7.28. The van der Waals surface area contributed by atoms with E-state index < -0.39 is 47.4 Å². The van der Waals surface area contributed by atoms with Crippen LogP contribution in [0.25, 0.3) is 10.4 Å². The van der Waals surface area contributed by atoms with Crippen molar-refractivity contribution >= 4 is 23.4 Å². The van der Waals surface area contributed by atoms with Crippen LogP contribution in [0, 0.1) is 0 Å². The molecule has 0 aliphatic carbocycles. The fraction of sp³-hybridized carbons (Fsp3) is 0.226. The van der Waals surface area contributed by atoms with E-state index in [-0.39, 0.29) is 30.1 Å². The number of carbonyl (C=O) groups is 2. The summed E-state index contributed by atoms with van der Waals surface area (Å²) in [6.45, 7) is 0.854. The summed E-state index contributed by atoms with van der Waals surface area (Å²) in [5.74, 6) is -0.615. The average molecular weight is 618 g/mol. The topological polar surface area (TPSA) is 142 Å². The first-order chi connectivity index (χ1) is 21.5. The van der Waals surface area contributed by atoms with E-state index in [0.717, 1.165) is 27.8 Å². The van der Waals surface area contributed by atoms with Gasteiger partial charge in [0.2, 0.25) is 5.91 Å². The largest absolute Gasteiger partial charge is 0.444 e. The van der Waals surface area contributed by atoms with Crippen LogP contribution in [0.15, 0.2) is 101 Å². The summed E-state index contributed by atoms with van der Waals surface area (Å²) in [6.07, 6.45) is -4.73. The Balaban J connectivity index is 1.57. The number of carbonyl (C=O) groups excluding carboxylic acids is 2. The van der Waals surface area contributed by atoms with Crippen LogP contribution in [0.4, 0.5) is 29.3 Å². The lowest BCUT2D eigenvalue weighted by Crippen LogP contribution is -2.39. The van der Waals surface area contributed by atoms with Crippen LogP contribution in [0.3, 0.4) is 0 Å². The molecule has 0 saturated heterocycles. The van der Waals surface area contributed by atoms with Gasteiger partial charge < -0.3 is 10.1 Å². The number of anilines is 2. The minimum absolute atomic E-state index is 0.0149. The smallest absolute Gasteiger partial charge is 0.416 e. The van der Waals surface area contributed by atoms with E-state index in [2.05, 4.69) is 20.3 Å². The van der Waals surface area contributed by atoms with Crippen LogP contribution in [0.2, 0.25) is 0 Å². The highest BCUT2D eigenvalue weighted by molar-refractivity contribution is 5.94. The Bertz CT molecular complexity index is 1830. The van der Waals surface area contributed by atoms with E-state index in [0.29, 0.717) is 11.3 Å². The standard InChI is InChI=1S/C31H26F3N7O4/c1-30(38-39-35)16-24(26(42)37-23-13-6-3-7-14-23)41-27(43)25(17-36-28(30)41)40(29(44)45-19-20-9-4-2-5-10-20)18-21-11-8-12-22(15-21)31(32,33)34/h2-15,17,24H,16,18-19H2,1H3,(H,37,42)/t24-,30?/m0/s1. The zero-order chi connectivity index (χ0) is 32.2. The Morgan fingerprint density at radius 2 is 1.76 bits per heavy atom. The third kappa shape index (κ3) is 6.65. The van der Waals surface area contributed by atoms with Gasteiger partial charge in [0, 0.05) is 10.6 Å². The molecule has 14 heteroatoms. The van der Waals surface area contributed by atoms with Gasteiger partial charge in [-0.05, 0) is 54.3 Å². The fourth-order valence-corrected chi connectivity index (χ4v) is 5.11. The summed E-state index contributed by atoms with van der Waals surface area (Å²) in [5, 5.41) is 6.55. The molecule has 1 unspecified atom stereocenters. The summed E-state index contributed by atoms with van der Waals surface area (Å²) < 4.78 is 46.9. The second-order valence-electron chi connectivity index (χ2n) is 10.5. The van der Waals surface area contributed by atoms with Gasteiger partial charge in [0.05, 0.1) is 18.3 Å². The number of aromatic nitrogens is 2. The summed E-state index contributed by atoms with van der Waals surface area (Å²) in [6, 6.07) is 20.3. The number of benzene rings is 3. The van der Waals surface area contributed by atoms with Gasteiger partial charge in [0.1, 0.15) is 29.7 Å². The Hall–Kier alpha value is -5.62. The number of halogens is 3. The molecule has 4 aromatic rings. The Morgan fingerprint density at radius 1 is 1.09 bits per heavy atom. The molecule has 2 amide bonds. The number of nitrogens with zero attached hydrogens (tertiary/aromatic N) is 6. The highest BCUT2D eigenvalue weighted by atomic mass is 19.4. The molecule has 5 rings (SSSR count). The lowest BCUT2D eigenvalue weighted by atomic mass is 9.98. The van der Waals surface area contributed by atoms with Crippen LogP contribution < -0.4 is 15.8 Å². The molecule has 0 fully saturated rings. The van der Waals surface area contributed by atoms with Crippen LogP contribution in [-0.4, -0.2) is 21.6 Å². The molecule has 45 heavy (non-hydrogen) atoms. The molecule has 230 valence electrons. The molecule has 1 aliphatic rings. The van der Waals surface area contributed by atoms with Gasteiger partial charge >= 0.3 is 12.3 Å². The number of fused-ring (bicyclic) bond motifs is 1. The van der Waals surface area contributed by atoms with Crippen molar-refractivity contribution in [3.05, 3.63) is 134 Å². The average Bonchev–Trinajstić information content (AvgIpc) is 3.33.